The van der Waals surface area contributed by atoms with Gasteiger partial charge in [0, 0.05) is 44.5 Å². The first-order valence-electron chi connectivity index (χ1n) is 11.3. The molecule has 0 unspecified atom stereocenters. The van der Waals surface area contributed by atoms with Gasteiger partial charge in [0.05, 0.1) is 17.6 Å². The Labute approximate surface area is 187 Å². The fourth-order valence-corrected chi connectivity index (χ4v) is 4.27. The predicted octanol–water partition coefficient (Wildman–Crippen LogP) is 3.28. The highest BCUT2D eigenvalue weighted by atomic mass is 16.5. The van der Waals surface area contributed by atoms with E-state index in [0.29, 0.717) is 18.0 Å². The van der Waals surface area contributed by atoms with Gasteiger partial charge in [-0.05, 0) is 49.2 Å². The van der Waals surface area contributed by atoms with Gasteiger partial charge in [-0.1, -0.05) is 12.1 Å². The minimum atomic E-state index is -0.143. The Morgan fingerprint density at radius 1 is 1.03 bits per heavy atom. The number of nitrogens with one attached hydrogen (secondary N) is 1. The average molecular weight is 433 g/mol. The first-order chi connectivity index (χ1) is 15.6. The van der Waals surface area contributed by atoms with Gasteiger partial charge >= 0.3 is 0 Å². The number of likely N-dealkylation sites (tertiary alicyclic amines) is 1. The number of para-hydroxylation sites is 2. The van der Waals surface area contributed by atoms with Crippen LogP contribution in [0.25, 0.3) is 11.0 Å². The summed E-state index contributed by atoms with van der Waals surface area (Å²) < 4.78 is 8.09. The van der Waals surface area contributed by atoms with E-state index in [1.807, 2.05) is 52.9 Å². The lowest BCUT2D eigenvalue weighted by atomic mass is 10.1. The molecule has 166 valence electrons. The van der Waals surface area contributed by atoms with Crippen molar-refractivity contribution < 1.29 is 14.3 Å². The molecule has 2 fully saturated rings. The third kappa shape index (κ3) is 4.33. The van der Waals surface area contributed by atoms with E-state index in [1.54, 1.807) is 12.1 Å². The molecule has 0 atom stereocenters. The van der Waals surface area contributed by atoms with E-state index < -0.39 is 0 Å². The van der Waals surface area contributed by atoms with Gasteiger partial charge < -0.3 is 19.5 Å². The molecule has 7 nitrogen and oxygen atoms in total. The number of ether oxygens (including phenoxy) is 1. The maximum atomic E-state index is 12.6. The van der Waals surface area contributed by atoms with E-state index in [4.69, 9.17) is 4.74 Å². The lowest BCUT2D eigenvalue weighted by Crippen LogP contribution is -2.42. The van der Waals surface area contributed by atoms with Gasteiger partial charge in [-0.25, -0.2) is 4.98 Å². The number of aromatic nitrogens is 2. The smallest absolute Gasteiger partial charge is 0.251 e. The molecular weight excluding hydrogens is 404 g/mol. The molecule has 5 rings (SSSR count). The van der Waals surface area contributed by atoms with Crippen LogP contribution in [0.3, 0.4) is 0 Å². The lowest BCUT2D eigenvalue weighted by Gasteiger charge is -2.32. The Balaban J connectivity index is 1.13. The Morgan fingerprint density at radius 3 is 2.44 bits per heavy atom. The molecule has 7 heteroatoms. The predicted molar refractivity (Wildman–Crippen MR) is 121 cm³/mol. The van der Waals surface area contributed by atoms with Crippen molar-refractivity contribution in [3.8, 4) is 5.75 Å². The summed E-state index contributed by atoms with van der Waals surface area (Å²) in [4.78, 5) is 31.3. The number of nitrogens with zero attached hydrogens (tertiary/aromatic N) is 3. The summed E-state index contributed by atoms with van der Waals surface area (Å²) in [6.45, 7) is 1.89. The number of aryl methyl sites for hydroxylation is 1. The minimum absolute atomic E-state index is 0.107. The van der Waals surface area contributed by atoms with E-state index in [-0.39, 0.29) is 17.9 Å². The number of piperidine rings is 1. The zero-order valence-corrected chi connectivity index (χ0v) is 18.3. The van der Waals surface area contributed by atoms with Crippen molar-refractivity contribution in [2.75, 3.05) is 13.1 Å². The second-order valence-corrected chi connectivity index (χ2v) is 8.70. The second-order valence-electron chi connectivity index (χ2n) is 8.70. The van der Waals surface area contributed by atoms with Crippen molar-refractivity contribution in [1.82, 2.24) is 19.8 Å². The van der Waals surface area contributed by atoms with Crippen molar-refractivity contribution in [2.24, 2.45) is 13.0 Å². The van der Waals surface area contributed by atoms with Gasteiger partial charge in [-0.3, -0.25) is 9.59 Å². The van der Waals surface area contributed by atoms with Crippen LogP contribution in [-0.2, 0) is 18.4 Å². The fraction of sp³-hybridized carbons (Fsp3) is 0.400. The topological polar surface area (TPSA) is 76.5 Å². The van der Waals surface area contributed by atoms with E-state index in [2.05, 4.69) is 10.3 Å². The maximum Gasteiger partial charge on any atom is 0.251 e. The van der Waals surface area contributed by atoms with Crippen molar-refractivity contribution >= 4 is 22.8 Å². The number of hydrogen-bond donors (Lipinski definition) is 1. The van der Waals surface area contributed by atoms with Crippen molar-refractivity contribution in [3.05, 3.63) is 59.9 Å². The summed E-state index contributed by atoms with van der Waals surface area (Å²) in [5, 5.41) is 2.95. The van der Waals surface area contributed by atoms with Gasteiger partial charge in [0.1, 0.15) is 17.7 Å². The third-order valence-electron chi connectivity index (χ3n) is 6.39. The van der Waals surface area contributed by atoms with E-state index in [0.717, 1.165) is 61.4 Å². The summed E-state index contributed by atoms with van der Waals surface area (Å²) in [6.07, 6.45) is 3.90. The molecule has 3 aromatic rings. The maximum absolute atomic E-state index is 12.6. The van der Waals surface area contributed by atoms with Crippen LogP contribution in [-0.4, -0.2) is 45.5 Å². The van der Waals surface area contributed by atoms with Crippen LogP contribution in [0.15, 0.2) is 48.5 Å². The van der Waals surface area contributed by atoms with Crippen LogP contribution in [0, 0.1) is 5.92 Å². The molecule has 0 bridgehead atoms. The fourth-order valence-electron chi connectivity index (χ4n) is 4.27. The molecule has 1 saturated carbocycles. The number of carbonyl (C=O) groups is 2. The van der Waals surface area contributed by atoms with E-state index in [1.165, 1.54) is 0 Å². The van der Waals surface area contributed by atoms with Gasteiger partial charge in [-0.15, -0.1) is 0 Å². The van der Waals surface area contributed by atoms with Crippen molar-refractivity contribution in [1.29, 1.82) is 0 Å². The summed E-state index contributed by atoms with van der Waals surface area (Å²) in [6, 6.07) is 15.2. The zero-order valence-electron chi connectivity index (χ0n) is 18.3. The van der Waals surface area contributed by atoms with Crippen molar-refractivity contribution in [2.45, 2.75) is 38.3 Å². The molecule has 1 aromatic heterocycles. The van der Waals surface area contributed by atoms with Gasteiger partial charge in [0.15, 0.2) is 0 Å². The number of hydrogen-bond acceptors (Lipinski definition) is 4. The molecule has 2 aromatic carbocycles. The molecular formula is C25H28N4O3. The Bertz CT molecular complexity index is 1130. The van der Waals surface area contributed by atoms with Crippen LogP contribution >= 0.6 is 0 Å². The average Bonchev–Trinajstić information content (AvgIpc) is 3.63. The van der Waals surface area contributed by atoms with E-state index >= 15 is 0 Å². The number of carbonyl (C=O) groups excluding carboxylic acids is 2. The number of rotatable bonds is 6. The first-order valence-corrected chi connectivity index (χ1v) is 11.3. The Hall–Kier alpha value is -3.35. The molecule has 1 aliphatic carbocycles. The lowest BCUT2D eigenvalue weighted by molar-refractivity contribution is -0.134. The molecule has 2 heterocycles. The highest BCUT2D eigenvalue weighted by molar-refractivity contribution is 5.94. The normalized spacial score (nSPS) is 16.8. The van der Waals surface area contributed by atoms with Crippen molar-refractivity contribution in [3.63, 3.8) is 0 Å². The highest BCUT2D eigenvalue weighted by Gasteiger charge is 2.35. The number of amides is 2. The van der Waals surface area contributed by atoms with Crippen LogP contribution in [0.4, 0.5) is 0 Å². The van der Waals surface area contributed by atoms with Gasteiger partial charge in [0.2, 0.25) is 5.91 Å². The van der Waals surface area contributed by atoms with Gasteiger partial charge in [-0.2, -0.15) is 0 Å². The third-order valence-corrected chi connectivity index (χ3v) is 6.39. The second kappa shape index (κ2) is 8.65. The summed E-state index contributed by atoms with van der Waals surface area (Å²) in [7, 11) is 1.95. The molecule has 1 N–H and O–H groups in total. The molecule has 1 aliphatic heterocycles. The van der Waals surface area contributed by atoms with E-state index in [9.17, 15) is 9.59 Å². The molecule has 0 radical (unpaired) electrons. The number of imidazole rings is 1. The monoisotopic (exact) mass is 432 g/mol. The molecule has 32 heavy (non-hydrogen) atoms. The minimum Gasteiger partial charge on any atom is -0.490 e. The first kappa shape index (κ1) is 20.5. The summed E-state index contributed by atoms with van der Waals surface area (Å²) in [5.41, 5.74) is 2.55. The number of fused-ring (bicyclic) bond motifs is 1. The van der Waals surface area contributed by atoms with Crippen LogP contribution in [0.1, 0.15) is 41.9 Å². The quantitative estimate of drug-likeness (QED) is 0.649. The van der Waals surface area contributed by atoms with Gasteiger partial charge in [0.25, 0.3) is 5.91 Å². The SMILES string of the molecule is Cn1c(CNC(=O)c2ccc(OC3CCN(C(=O)C4CC4)CC3)cc2)nc2ccccc21. The Morgan fingerprint density at radius 2 is 1.75 bits per heavy atom. The summed E-state index contributed by atoms with van der Waals surface area (Å²) >= 11 is 0. The molecule has 0 spiro atoms. The molecule has 1 saturated heterocycles. The largest absolute Gasteiger partial charge is 0.490 e. The zero-order chi connectivity index (χ0) is 22.1. The van der Waals surface area contributed by atoms with Crippen LogP contribution in [0.5, 0.6) is 5.75 Å². The molecule has 2 amide bonds. The Kier molecular flexibility index (Phi) is 5.55. The summed E-state index contributed by atoms with van der Waals surface area (Å²) in [5.74, 6) is 2.02. The van der Waals surface area contributed by atoms with Crippen LogP contribution in [0.2, 0.25) is 0 Å². The standard InChI is InChI=1S/C25H28N4O3/c1-28-22-5-3-2-4-21(22)27-23(28)16-26-24(30)17-8-10-19(11-9-17)32-20-12-14-29(15-13-20)25(31)18-6-7-18/h2-5,8-11,18,20H,6-7,12-16H2,1H3,(H,26,30). The highest BCUT2D eigenvalue weighted by Crippen LogP contribution is 2.32. The molecule has 2 aliphatic rings. The van der Waals surface area contributed by atoms with Crippen LogP contribution < -0.4 is 10.1 Å². The number of benzene rings is 2.